The summed E-state index contributed by atoms with van der Waals surface area (Å²) in [4.78, 5) is 34.0. The molecule has 2 aliphatic rings. The molecule has 1 aromatic carbocycles. The number of ether oxygens (including phenoxy) is 2. The van der Waals surface area contributed by atoms with Crippen molar-refractivity contribution in [2.24, 2.45) is 5.92 Å². The number of esters is 2. The van der Waals surface area contributed by atoms with Gasteiger partial charge in [0.1, 0.15) is 18.0 Å². The number of hydrogen-bond acceptors (Lipinski definition) is 8. The van der Waals surface area contributed by atoms with E-state index in [1.807, 2.05) is 60.6 Å². The molecule has 0 spiro atoms. The van der Waals surface area contributed by atoms with E-state index < -0.39 is 57.6 Å². The summed E-state index contributed by atoms with van der Waals surface area (Å²) in [5.41, 5.74) is -2.10. The summed E-state index contributed by atoms with van der Waals surface area (Å²) in [7, 11) is 4.12. The molecule has 0 aliphatic carbocycles. The topological polar surface area (TPSA) is 99.5 Å². The number of benzene rings is 1. The molecular formula is C43H74N2O6. The number of phenolic OH excluding ortho intramolecular Hbond substituents is 1. The van der Waals surface area contributed by atoms with Gasteiger partial charge >= 0.3 is 11.9 Å². The van der Waals surface area contributed by atoms with Crippen LogP contribution in [0.15, 0.2) is 12.1 Å². The predicted molar refractivity (Wildman–Crippen MR) is 207 cm³/mol. The largest absolute Gasteiger partial charge is 0.507 e. The van der Waals surface area contributed by atoms with Crippen LogP contribution in [0, 0.1) is 5.92 Å². The van der Waals surface area contributed by atoms with E-state index in [0.29, 0.717) is 24.8 Å². The Morgan fingerprint density at radius 2 is 1.22 bits per heavy atom. The zero-order valence-electron chi connectivity index (χ0n) is 35.5. The van der Waals surface area contributed by atoms with Crippen LogP contribution in [-0.4, -0.2) is 86.0 Å². The number of phenols is 1. The van der Waals surface area contributed by atoms with E-state index in [1.165, 1.54) is 0 Å². The molecule has 2 heterocycles. The summed E-state index contributed by atoms with van der Waals surface area (Å²) in [6.07, 6.45) is 3.56. The van der Waals surface area contributed by atoms with Crippen LogP contribution in [-0.2, 0) is 36.3 Å². The van der Waals surface area contributed by atoms with Gasteiger partial charge < -0.3 is 19.7 Å². The van der Waals surface area contributed by atoms with Gasteiger partial charge in [-0.25, -0.2) is 4.79 Å². The maximum absolute atomic E-state index is 14.8. The summed E-state index contributed by atoms with van der Waals surface area (Å²) < 4.78 is 12.8. The van der Waals surface area contributed by atoms with E-state index >= 15 is 0 Å². The molecule has 3 rings (SSSR count). The Labute approximate surface area is 311 Å². The van der Waals surface area contributed by atoms with Gasteiger partial charge in [-0.3, -0.25) is 14.6 Å². The van der Waals surface area contributed by atoms with Crippen LogP contribution >= 0.6 is 0 Å². The fraction of sp³-hybridized carbons (Fsp3) is 0.814. The summed E-state index contributed by atoms with van der Waals surface area (Å²) in [5, 5.41) is 24.5. The van der Waals surface area contributed by atoms with Gasteiger partial charge in [0.15, 0.2) is 5.60 Å². The average molecular weight is 715 g/mol. The van der Waals surface area contributed by atoms with Gasteiger partial charge in [-0.2, -0.15) is 0 Å². The third-order valence-corrected chi connectivity index (χ3v) is 13.0. The Morgan fingerprint density at radius 3 is 1.61 bits per heavy atom. The molecule has 4 unspecified atom stereocenters. The Bertz CT molecular complexity index is 1380. The van der Waals surface area contributed by atoms with Crippen LogP contribution in [0.3, 0.4) is 0 Å². The molecule has 4 atom stereocenters. The summed E-state index contributed by atoms with van der Waals surface area (Å²) in [6.45, 7) is 31.4. The summed E-state index contributed by atoms with van der Waals surface area (Å²) >= 11 is 0. The number of rotatable bonds is 10. The van der Waals surface area contributed by atoms with Crippen LogP contribution in [0.4, 0.5) is 0 Å². The predicted octanol–water partition coefficient (Wildman–Crippen LogP) is 8.46. The first-order chi connectivity index (χ1) is 22.9. The number of aromatic hydroxyl groups is 1. The number of carbonyl (C=O) groups excluding carboxylic acids is 2. The first-order valence-corrected chi connectivity index (χ1v) is 19.4. The zero-order chi connectivity index (χ0) is 39.3. The Morgan fingerprint density at radius 1 is 0.804 bits per heavy atom. The highest BCUT2D eigenvalue weighted by atomic mass is 16.6. The number of carbonyl (C=O) groups is 2. The fourth-order valence-electron chi connectivity index (χ4n) is 8.41. The quantitative estimate of drug-likeness (QED) is 0.233. The van der Waals surface area contributed by atoms with Gasteiger partial charge in [-0.15, -0.1) is 0 Å². The molecule has 8 nitrogen and oxygen atoms in total. The van der Waals surface area contributed by atoms with Crippen molar-refractivity contribution in [2.75, 3.05) is 14.1 Å². The highest BCUT2D eigenvalue weighted by molar-refractivity contribution is 5.88. The van der Waals surface area contributed by atoms with Crippen molar-refractivity contribution in [1.29, 1.82) is 0 Å². The molecule has 0 radical (unpaired) electrons. The average Bonchev–Trinajstić information content (AvgIpc) is 2.98. The van der Waals surface area contributed by atoms with Crippen molar-refractivity contribution < 1.29 is 29.3 Å². The molecule has 0 aromatic heterocycles. The van der Waals surface area contributed by atoms with Gasteiger partial charge in [-0.1, -0.05) is 73.4 Å². The van der Waals surface area contributed by atoms with Crippen LogP contribution in [0.5, 0.6) is 5.75 Å². The van der Waals surface area contributed by atoms with Crippen LogP contribution < -0.4 is 0 Å². The molecule has 292 valence electrons. The third-order valence-electron chi connectivity index (χ3n) is 13.0. The van der Waals surface area contributed by atoms with E-state index in [1.54, 1.807) is 0 Å². The molecule has 0 saturated carbocycles. The molecule has 2 saturated heterocycles. The summed E-state index contributed by atoms with van der Waals surface area (Å²) in [6, 6.07) is 3.76. The van der Waals surface area contributed by atoms with Gasteiger partial charge in [0.25, 0.3) is 0 Å². The standard InChI is InChI=1S/C43H74N2O6/c1-18-19-20-29(35(47)50-32-21-23-39(8,9)44(16)41(32,12)13)43(49,36(48)51-33-22-24-40(10,11)45(17)42(33,14)15)27-28-25-30(37(2,3)4)34(46)31(26-28)38(5,6)7/h25-26,29,32-33,46,49H,18-24,27H2,1-17H3. The number of likely N-dealkylation sites (tertiary alicyclic amines) is 2. The molecule has 0 bridgehead atoms. The van der Waals surface area contributed by atoms with Crippen molar-refractivity contribution in [3.8, 4) is 5.75 Å². The van der Waals surface area contributed by atoms with E-state index in [-0.39, 0.29) is 29.7 Å². The minimum absolute atomic E-state index is 0.0680. The second-order valence-corrected chi connectivity index (χ2v) is 20.3. The van der Waals surface area contributed by atoms with Crippen LogP contribution in [0.2, 0.25) is 0 Å². The van der Waals surface area contributed by atoms with Crippen LogP contribution in [0.1, 0.15) is 165 Å². The molecule has 8 heteroatoms. The van der Waals surface area contributed by atoms with Crippen molar-refractivity contribution in [2.45, 2.75) is 206 Å². The van der Waals surface area contributed by atoms with Crippen molar-refractivity contribution in [3.05, 3.63) is 28.8 Å². The lowest BCUT2D eigenvalue weighted by Crippen LogP contribution is -2.65. The van der Waals surface area contributed by atoms with E-state index in [2.05, 4.69) is 79.3 Å². The minimum Gasteiger partial charge on any atom is -0.507 e. The molecule has 1 aromatic rings. The van der Waals surface area contributed by atoms with Crippen molar-refractivity contribution in [1.82, 2.24) is 9.80 Å². The third kappa shape index (κ3) is 8.81. The lowest BCUT2D eigenvalue weighted by Gasteiger charge is -2.54. The number of piperidine rings is 2. The molecule has 2 fully saturated rings. The number of likely N-dealkylation sites (N-methyl/N-ethyl adjacent to an activating group) is 2. The first-order valence-electron chi connectivity index (χ1n) is 19.4. The lowest BCUT2D eigenvalue weighted by molar-refractivity contribution is -0.202. The zero-order valence-corrected chi connectivity index (χ0v) is 35.5. The number of nitrogens with zero attached hydrogens (tertiary/aromatic N) is 2. The van der Waals surface area contributed by atoms with E-state index in [4.69, 9.17) is 9.47 Å². The van der Waals surface area contributed by atoms with Gasteiger partial charge in [0.2, 0.25) is 0 Å². The van der Waals surface area contributed by atoms with Gasteiger partial charge in [0, 0.05) is 17.5 Å². The SMILES string of the molecule is CCCCC(C(=O)OC1CCC(C)(C)N(C)C1(C)C)C(O)(Cc1cc(C(C)(C)C)c(O)c(C(C)(C)C)c1)C(=O)OC1CCC(C)(C)N(C)C1(C)C. The Hall–Kier alpha value is -2.16. The minimum atomic E-state index is -2.22. The Balaban J connectivity index is 2.20. The number of aliphatic hydroxyl groups is 1. The maximum Gasteiger partial charge on any atom is 0.339 e. The second kappa shape index (κ2) is 14.6. The molecule has 51 heavy (non-hydrogen) atoms. The molecule has 2 N–H and O–H groups in total. The second-order valence-electron chi connectivity index (χ2n) is 20.3. The Kier molecular flexibility index (Phi) is 12.4. The van der Waals surface area contributed by atoms with Gasteiger partial charge in [0.05, 0.1) is 17.0 Å². The van der Waals surface area contributed by atoms with Crippen molar-refractivity contribution in [3.63, 3.8) is 0 Å². The van der Waals surface area contributed by atoms with Gasteiger partial charge in [-0.05, 0) is 129 Å². The smallest absolute Gasteiger partial charge is 0.339 e. The van der Waals surface area contributed by atoms with Crippen molar-refractivity contribution >= 4 is 11.9 Å². The molecule has 0 amide bonds. The molecule has 2 aliphatic heterocycles. The van der Waals surface area contributed by atoms with Crippen LogP contribution in [0.25, 0.3) is 0 Å². The first kappa shape index (κ1) is 43.2. The number of unbranched alkanes of at least 4 members (excludes halogenated alkanes) is 1. The van der Waals surface area contributed by atoms with E-state index in [0.717, 1.165) is 30.4 Å². The highest BCUT2D eigenvalue weighted by Gasteiger charge is 2.55. The maximum atomic E-state index is 14.8. The lowest BCUT2D eigenvalue weighted by atomic mass is 9.74. The highest BCUT2D eigenvalue weighted by Crippen LogP contribution is 2.44. The van der Waals surface area contributed by atoms with E-state index in [9.17, 15) is 19.8 Å². The monoisotopic (exact) mass is 715 g/mol. The summed E-state index contributed by atoms with van der Waals surface area (Å²) in [5.74, 6) is -2.31. The number of hydrogen-bond donors (Lipinski definition) is 2. The fourth-order valence-corrected chi connectivity index (χ4v) is 8.41. The molecular weight excluding hydrogens is 640 g/mol. The normalized spacial score (nSPS) is 25.5.